The minimum absolute atomic E-state index is 0.0210. The summed E-state index contributed by atoms with van der Waals surface area (Å²) >= 11 is 52.1. The van der Waals surface area contributed by atoms with Gasteiger partial charge in [-0.2, -0.15) is 0 Å². The van der Waals surface area contributed by atoms with Crippen LogP contribution in [0.15, 0.2) is 213 Å². The van der Waals surface area contributed by atoms with Crippen LogP contribution in [-0.4, -0.2) is 71.5 Å². The van der Waals surface area contributed by atoms with Crippen molar-refractivity contribution in [2.45, 2.75) is 154 Å². The second-order valence-electron chi connectivity index (χ2n) is 32.9. The van der Waals surface area contributed by atoms with Crippen molar-refractivity contribution in [3.8, 4) is 0 Å². The van der Waals surface area contributed by atoms with E-state index in [9.17, 15) is 49.9 Å². The SMILES string of the molecule is CC(C)(NCc1snnc1C1CC1)c1c(F)cccc1Cl.CC(NCc1snnc1C1CC1)c1c(F)cccc1Cl.Cc1cc[nH]c1C(=O)NCc1c(F)cccc1Cl.Cc1ccn(C)c1C(=O)NCc1c(F)cccc1Cl.Cn1c(Cl)ccc1C(=O)NCc1c(F)cccc1Cl.Fc1cccc(Cl)c1C(NCc1snnc1C1CC1)c1ccccc1.O=C(NCc1c(F)cccc1Cl)c1ccc[nH]1. The van der Waals surface area contributed by atoms with E-state index < -0.39 is 28.8 Å². The number of rotatable bonds is 28. The molecular formula is C100H96Cl8F7N17O4S3. The molecule has 21 nitrogen and oxygen atoms in total. The molecule has 15 aromatic rings. The van der Waals surface area contributed by atoms with Crippen molar-refractivity contribution in [3.63, 3.8) is 0 Å². The summed E-state index contributed by atoms with van der Waals surface area (Å²) in [7, 11) is 3.46. The number of carbonyl (C=O) groups is 4. The Labute approximate surface area is 851 Å². The van der Waals surface area contributed by atoms with Gasteiger partial charge in [-0.1, -0.05) is 179 Å². The van der Waals surface area contributed by atoms with Gasteiger partial charge in [-0.25, -0.2) is 30.7 Å². The molecule has 3 aliphatic rings. The Morgan fingerprint density at radius 1 is 0.417 bits per heavy atom. The first-order valence-corrected chi connectivity index (χ1v) is 49.1. The number of aromatic amines is 2. The lowest BCUT2D eigenvalue weighted by atomic mass is 9.93. The van der Waals surface area contributed by atoms with Crippen LogP contribution in [0.2, 0.25) is 40.3 Å². The highest BCUT2D eigenvalue weighted by Gasteiger charge is 2.34. The average molecular weight is 2110 g/mol. The first kappa shape index (κ1) is 107. The van der Waals surface area contributed by atoms with Crippen LogP contribution in [0.25, 0.3) is 0 Å². The maximum atomic E-state index is 14.5. The molecule has 2 atom stereocenters. The van der Waals surface area contributed by atoms with Crippen molar-refractivity contribution in [2.24, 2.45) is 14.1 Å². The van der Waals surface area contributed by atoms with E-state index in [-0.39, 0.29) is 101 Å². The maximum Gasteiger partial charge on any atom is 0.268 e. The number of aromatic nitrogens is 10. The van der Waals surface area contributed by atoms with Crippen LogP contribution in [0.4, 0.5) is 30.7 Å². The van der Waals surface area contributed by atoms with Gasteiger partial charge in [0.2, 0.25) is 0 Å². The molecule has 728 valence electrons. The van der Waals surface area contributed by atoms with Crippen molar-refractivity contribution in [1.29, 1.82) is 0 Å². The van der Waals surface area contributed by atoms with Crippen molar-refractivity contribution < 1.29 is 49.9 Å². The molecule has 8 aromatic carbocycles. The van der Waals surface area contributed by atoms with Crippen LogP contribution < -0.4 is 37.2 Å². The molecule has 7 heterocycles. The first-order chi connectivity index (χ1) is 66.7. The lowest BCUT2D eigenvalue weighted by molar-refractivity contribution is 0.0934. The molecule has 139 heavy (non-hydrogen) atoms. The topological polar surface area (TPSA) is 271 Å². The first-order valence-electron chi connectivity index (χ1n) is 43.7. The number of nitrogens with zero attached hydrogens (tertiary/aromatic N) is 8. The quantitative estimate of drug-likeness (QED) is 0.0207. The Bertz CT molecular complexity index is 6530. The summed E-state index contributed by atoms with van der Waals surface area (Å²) < 4.78 is 112. The zero-order chi connectivity index (χ0) is 99.7. The van der Waals surface area contributed by atoms with Crippen molar-refractivity contribution in [2.75, 3.05) is 0 Å². The molecule has 2 unspecified atom stereocenters. The third kappa shape index (κ3) is 29.7. The van der Waals surface area contributed by atoms with Gasteiger partial charge in [0.05, 0.1) is 37.8 Å². The summed E-state index contributed by atoms with van der Waals surface area (Å²) in [6.45, 7) is 11.5. The number of hydrogen-bond donors (Lipinski definition) is 9. The second-order valence-corrected chi connectivity index (χ2v) is 38.7. The number of H-pyrrole nitrogens is 2. The summed E-state index contributed by atoms with van der Waals surface area (Å²) in [6, 6.07) is 51.5. The van der Waals surface area contributed by atoms with Crippen molar-refractivity contribution >= 4 is 151 Å². The zero-order valence-corrected chi connectivity index (χ0v) is 84.4. The fourth-order valence-corrected chi connectivity index (χ4v) is 18.6. The maximum absolute atomic E-state index is 14.5. The molecule has 0 bridgehead atoms. The van der Waals surface area contributed by atoms with Gasteiger partial charge < -0.3 is 56.3 Å². The average Bonchev–Trinajstić information content (AvgIpc) is 1.36. The molecule has 18 rings (SSSR count). The number of amides is 4. The van der Waals surface area contributed by atoms with Crippen LogP contribution in [0.3, 0.4) is 0 Å². The molecule has 4 amide bonds. The van der Waals surface area contributed by atoms with Gasteiger partial charge in [-0.3, -0.25) is 19.2 Å². The fraction of sp³-hybridized carbons (Fsp3) is 0.260. The molecule has 0 spiro atoms. The Morgan fingerprint density at radius 2 is 0.835 bits per heavy atom. The summed E-state index contributed by atoms with van der Waals surface area (Å²) in [5, 5.41) is 36.3. The molecule has 9 N–H and O–H groups in total. The van der Waals surface area contributed by atoms with Gasteiger partial charge in [0, 0.05) is 182 Å². The van der Waals surface area contributed by atoms with Crippen LogP contribution in [0.1, 0.15) is 218 Å². The van der Waals surface area contributed by atoms with E-state index in [1.54, 1.807) is 133 Å². The highest BCUT2D eigenvalue weighted by molar-refractivity contribution is 7.06. The summed E-state index contributed by atoms with van der Waals surface area (Å²) in [5.74, 6) is -2.05. The predicted octanol–water partition coefficient (Wildman–Crippen LogP) is 25.6. The fourth-order valence-electron chi connectivity index (χ4n) is 14.5. The largest absolute Gasteiger partial charge is 0.357 e. The van der Waals surface area contributed by atoms with E-state index in [1.165, 1.54) is 140 Å². The van der Waals surface area contributed by atoms with E-state index in [2.05, 4.69) is 75.9 Å². The predicted molar refractivity (Wildman–Crippen MR) is 537 cm³/mol. The third-order valence-corrected chi connectivity index (χ3v) is 27.6. The lowest BCUT2D eigenvalue weighted by Gasteiger charge is -2.28. The Morgan fingerprint density at radius 3 is 1.24 bits per heavy atom. The van der Waals surface area contributed by atoms with Gasteiger partial charge in [0.25, 0.3) is 23.6 Å². The highest BCUT2D eigenvalue weighted by Crippen LogP contribution is 2.45. The molecule has 3 saturated carbocycles. The Hall–Kier alpha value is -10.9. The number of hydrogen-bond acceptors (Lipinski definition) is 16. The molecule has 0 radical (unpaired) electrons. The molecule has 0 aliphatic heterocycles. The van der Waals surface area contributed by atoms with Crippen molar-refractivity contribution in [1.82, 2.24) is 85.1 Å². The van der Waals surface area contributed by atoms with Crippen LogP contribution in [-0.2, 0) is 65.4 Å². The zero-order valence-electron chi connectivity index (χ0n) is 75.9. The van der Waals surface area contributed by atoms with E-state index in [1.807, 2.05) is 71.0 Å². The normalized spacial score (nSPS) is 12.9. The van der Waals surface area contributed by atoms with E-state index in [0.717, 1.165) is 48.4 Å². The summed E-state index contributed by atoms with van der Waals surface area (Å²) in [5.41, 5.74) is 9.90. The monoisotopic (exact) mass is 2110 g/mol. The summed E-state index contributed by atoms with van der Waals surface area (Å²) in [6.07, 6.45) is 12.3. The molecule has 3 aliphatic carbocycles. The Kier molecular flexibility index (Phi) is 39.3. The third-order valence-electron chi connectivity index (χ3n) is 22.6. The number of benzene rings is 8. The number of aryl methyl sites for hydroxylation is 3. The van der Waals surface area contributed by atoms with Gasteiger partial charge in [-0.15, -0.1) is 15.3 Å². The number of carbonyl (C=O) groups excluding carboxylic acids is 4. The Balaban J connectivity index is 0.000000146. The van der Waals surface area contributed by atoms with E-state index in [4.69, 9.17) is 92.8 Å². The highest BCUT2D eigenvalue weighted by atomic mass is 35.5. The molecule has 39 heteroatoms. The minimum atomic E-state index is -0.562. The van der Waals surface area contributed by atoms with Crippen LogP contribution in [0, 0.1) is 54.6 Å². The smallest absolute Gasteiger partial charge is 0.268 e. The van der Waals surface area contributed by atoms with Gasteiger partial charge >= 0.3 is 0 Å². The number of nitrogens with one attached hydrogen (secondary N) is 9. The number of halogens is 15. The second kappa shape index (κ2) is 51.0. The molecule has 3 fully saturated rings. The minimum Gasteiger partial charge on any atom is -0.357 e. The van der Waals surface area contributed by atoms with E-state index in [0.29, 0.717) is 118 Å². The summed E-state index contributed by atoms with van der Waals surface area (Å²) in [4.78, 5) is 56.4. The van der Waals surface area contributed by atoms with Crippen molar-refractivity contribution in [3.05, 3.63) is 404 Å². The van der Waals surface area contributed by atoms with Crippen LogP contribution in [0.5, 0.6) is 0 Å². The van der Waals surface area contributed by atoms with Gasteiger partial charge in [-0.05, 0) is 246 Å². The molecular weight excluding hydrogens is 2020 g/mol. The molecule has 0 saturated heterocycles. The van der Waals surface area contributed by atoms with Gasteiger partial charge in [0.1, 0.15) is 68.6 Å². The van der Waals surface area contributed by atoms with E-state index >= 15 is 0 Å². The van der Waals surface area contributed by atoms with Gasteiger partial charge in [0.15, 0.2) is 0 Å². The molecule has 7 aromatic heterocycles. The lowest BCUT2D eigenvalue weighted by Crippen LogP contribution is -2.37. The standard InChI is InChI=1S/C19H17ClFN3S.C15H17ClFN3S.C14H15ClFN3S.C14H14ClFN2O.C13H11Cl2FN2O.C13H12ClFN2O.C12H10ClFN2O/c20-14-7-4-8-15(21)17(14)19(12-5-2-1-3-6-12)22-11-16-18(13-9-10-13)23-24-25-16;1-15(2,13-10(16)4-3-5-11(13)17)18-8-12-14(9-6-7-9)19-20-21-12;1-8(13-10(15)3-2-4-11(13)16)17-7-12-14(9-5-6-9)18-19-20-12;1-9-6-7-18(2)13(9)14(19)17-8-10-11(15)4-3-5-12(10)16;1-18-11(5-6-12(18)15)13(19)17-7-8-9(14)3-2-4-10(8)16;1-8-5-6-16-12(8)13(18)17-7-9-10(14)3-2-4-11(9)15;13-9-3-1-4-10(14)8(9)7-16-12(17)11-5-2-6-15-11/h1-8,13,19,22H,9-11H2;3-5,9,18H,6-8H2,1-2H3;2-4,8-9,17H,5-7H2,1H3;3-7H,8H2,1-2H3,(H,17,19);2-6H,7H2,1H3,(H,17,19);2-6,16H,7H2,1H3,(H,17,18);1-6,15H,7H2,(H,16,17). The van der Waals surface area contributed by atoms with Crippen LogP contribution >= 0.6 is 127 Å².